The summed E-state index contributed by atoms with van der Waals surface area (Å²) < 4.78 is 0. The molecule has 0 aliphatic heterocycles. The van der Waals surface area contributed by atoms with Gasteiger partial charge in [-0.25, -0.2) is 0 Å². The van der Waals surface area contributed by atoms with Crippen molar-refractivity contribution >= 4 is 5.78 Å². The van der Waals surface area contributed by atoms with Crippen LogP contribution < -0.4 is 0 Å². The summed E-state index contributed by atoms with van der Waals surface area (Å²) in [5.74, 6) is 0.526. The van der Waals surface area contributed by atoms with E-state index in [-0.39, 0.29) is 5.41 Å². The second kappa shape index (κ2) is 6.17. The first-order valence-electron chi connectivity index (χ1n) is 7.34. The Bertz CT molecular complexity index is 374. The lowest BCUT2D eigenvalue weighted by atomic mass is 9.77. The Morgan fingerprint density at radius 3 is 2.44 bits per heavy atom. The normalized spacial score (nSPS) is 17.8. The van der Waals surface area contributed by atoms with Crippen LogP contribution in [0.3, 0.4) is 0 Å². The molecule has 0 radical (unpaired) electrons. The van der Waals surface area contributed by atoms with Crippen LogP contribution in [0.4, 0.5) is 0 Å². The van der Waals surface area contributed by atoms with Crippen LogP contribution in [-0.2, 0) is 11.2 Å². The first-order valence-corrected chi connectivity index (χ1v) is 7.34. The van der Waals surface area contributed by atoms with Crippen LogP contribution in [-0.4, -0.2) is 5.78 Å². The predicted octanol–water partition coefficient (Wildman–Crippen LogP) is 4.55. The minimum Gasteiger partial charge on any atom is -0.299 e. The lowest BCUT2D eigenvalue weighted by molar-refractivity contribution is -0.128. The van der Waals surface area contributed by atoms with Crippen LogP contribution in [0.15, 0.2) is 30.3 Å². The third-order valence-corrected chi connectivity index (χ3v) is 4.54. The van der Waals surface area contributed by atoms with Crippen molar-refractivity contribution in [1.29, 1.82) is 0 Å². The van der Waals surface area contributed by atoms with Gasteiger partial charge in [-0.3, -0.25) is 4.79 Å². The number of hydrogen-bond acceptors (Lipinski definition) is 1. The van der Waals surface area contributed by atoms with Crippen LogP contribution in [0.5, 0.6) is 0 Å². The first kappa shape index (κ1) is 13.3. The molecule has 2 rings (SSSR count). The second-order valence-electron chi connectivity index (χ2n) is 5.60. The van der Waals surface area contributed by atoms with Crippen molar-refractivity contribution in [2.75, 3.05) is 0 Å². The number of carbonyl (C=O) groups is 1. The number of carbonyl (C=O) groups excluding carboxylic acids is 1. The molecule has 1 aromatic carbocycles. The monoisotopic (exact) mass is 244 g/mol. The van der Waals surface area contributed by atoms with Gasteiger partial charge in [0.2, 0.25) is 0 Å². The van der Waals surface area contributed by atoms with Gasteiger partial charge in [0.15, 0.2) is 0 Å². The highest BCUT2D eigenvalue weighted by Gasteiger charge is 2.38. The van der Waals surface area contributed by atoms with E-state index in [0.717, 1.165) is 38.5 Å². The number of Topliss-reactive ketones (excluding diaryl/α,β-unsaturated/α-hetero) is 1. The van der Waals surface area contributed by atoms with E-state index >= 15 is 0 Å². The van der Waals surface area contributed by atoms with Gasteiger partial charge in [-0.2, -0.15) is 0 Å². The molecule has 18 heavy (non-hydrogen) atoms. The molecule has 0 atom stereocenters. The highest BCUT2D eigenvalue weighted by atomic mass is 16.1. The zero-order chi connectivity index (χ0) is 12.8. The van der Waals surface area contributed by atoms with Gasteiger partial charge < -0.3 is 0 Å². The molecule has 1 aliphatic carbocycles. The summed E-state index contributed by atoms with van der Waals surface area (Å²) in [6.45, 7) is 2.18. The standard InChI is InChI=1S/C17H24O/c1-2-17(13-6-7-14-17)16(18)12-8-11-15-9-4-3-5-10-15/h3-5,9-10H,2,6-8,11-14H2,1H3. The van der Waals surface area contributed by atoms with E-state index in [9.17, 15) is 4.79 Å². The lowest BCUT2D eigenvalue weighted by Gasteiger charge is -2.25. The zero-order valence-corrected chi connectivity index (χ0v) is 11.5. The number of ketones is 1. The molecular weight excluding hydrogens is 220 g/mol. The third kappa shape index (κ3) is 3.01. The lowest BCUT2D eigenvalue weighted by Crippen LogP contribution is -2.27. The largest absolute Gasteiger partial charge is 0.299 e. The van der Waals surface area contributed by atoms with Crippen molar-refractivity contribution in [3.05, 3.63) is 35.9 Å². The number of aryl methyl sites for hydroxylation is 1. The maximum Gasteiger partial charge on any atom is 0.139 e. The van der Waals surface area contributed by atoms with E-state index < -0.39 is 0 Å². The Balaban J connectivity index is 1.81. The van der Waals surface area contributed by atoms with Gasteiger partial charge in [0, 0.05) is 11.8 Å². The summed E-state index contributed by atoms with van der Waals surface area (Å²) >= 11 is 0. The molecule has 1 saturated carbocycles. The van der Waals surface area contributed by atoms with E-state index in [1.54, 1.807) is 0 Å². The van der Waals surface area contributed by atoms with Gasteiger partial charge in [-0.1, -0.05) is 50.1 Å². The molecule has 0 N–H and O–H groups in total. The summed E-state index contributed by atoms with van der Waals surface area (Å²) in [6, 6.07) is 10.5. The summed E-state index contributed by atoms with van der Waals surface area (Å²) in [4.78, 5) is 12.4. The fraction of sp³-hybridized carbons (Fsp3) is 0.588. The molecule has 1 fully saturated rings. The van der Waals surface area contributed by atoms with Gasteiger partial charge in [-0.15, -0.1) is 0 Å². The van der Waals surface area contributed by atoms with E-state index in [1.165, 1.54) is 18.4 Å². The van der Waals surface area contributed by atoms with Crippen LogP contribution in [0.2, 0.25) is 0 Å². The Labute approximate surface area is 111 Å². The molecule has 0 spiro atoms. The average molecular weight is 244 g/mol. The van der Waals surface area contributed by atoms with Crippen molar-refractivity contribution in [3.63, 3.8) is 0 Å². The number of hydrogen-bond donors (Lipinski definition) is 0. The third-order valence-electron chi connectivity index (χ3n) is 4.54. The van der Waals surface area contributed by atoms with Crippen molar-refractivity contribution in [2.24, 2.45) is 5.41 Å². The molecule has 1 heteroatoms. The van der Waals surface area contributed by atoms with Gasteiger partial charge >= 0.3 is 0 Å². The van der Waals surface area contributed by atoms with Crippen LogP contribution >= 0.6 is 0 Å². The SMILES string of the molecule is CCC1(C(=O)CCCc2ccccc2)CCCC1. The summed E-state index contributed by atoms with van der Waals surface area (Å²) in [5.41, 5.74) is 1.40. The summed E-state index contributed by atoms with van der Waals surface area (Å²) in [5, 5.41) is 0. The number of benzene rings is 1. The molecule has 1 nitrogen and oxygen atoms in total. The quantitative estimate of drug-likeness (QED) is 0.717. The van der Waals surface area contributed by atoms with Crippen LogP contribution in [0, 0.1) is 5.41 Å². The van der Waals surface area contributed by atoms with E-state index in [0.29, 0.717) is 5.78 Å². The molecule has 0 amide bonds. The van der Waals surface area contributed by atoms with Gasteiger partial charge in [0.25, 0.3) is 0 Å². The molecule has 1 aromatic rings. The Morgan fingerprint density at radius 1 is 1.17 bits per heavy atom. The fourth-order valence-electron chi connectivity index (χ4n) is 3.24. The maximum atomic E-state index is 12.4. The van der Waals surface area contributed by atoms with E-state index in [1.807, 2.05) is 6.07 Å². The number of rotatable bonds is 6. The Kier molecular flexibility index (Phi) is 4.57. The van der Waals surface area contributed by atoms with Gasteiger partial charge in [-0.05, 0) is 37.7 Å². The first-order chi connectivity index (χ1) is 8.77. The Hall–Kier alpha value is -1.11. The topological polar surface area (TPSA) is 17.1 Å². The van der Waals surface area contributed by atoms with Crippen molar-refractivity contribution in [3.8, 4) is 0 Å². The van der Waals surface area contributed by atoms with Crippen LogP contribution in [0.25, 0.3) is 0 Å². The van der Waals surface area contributed by atoms with Gasteiger partial charge in [0.1, 0.15) is 5.78 Å². The smallest absolute Gasteiger partial charge is 0.139 e. The molecular formula is C17H24O. The van der Waals surface area contributed by atoms with Crippen LogP contribution in [0.1, 0.15) is 57.4 Å². The summed E-state index contributed by atoms with van der Waals surface area (Å²) in [6.07, 6.45) is 8.61. The molecule has 0 unspecified atom stereocenters. The minimum atomic E-state index is 0.0523. The zero-order valence-electron chi connectivity index (χ0n) is 11.5. The second-order valence-corrected chi connectivity index (χ2v) is 5.60. The molecule has 98 valence electrons. The van der Waals surface area contributed by atoms with E-state index in [2.05, 4.69) is 31.2 Å². The minimum absolute atomic E-state index is 0.0523. The maximum absolute atomic E-state index is 12.4. The predicted molar refractivity (Wildman–Crippen MR) is 75.6 cm³/mol. The summed E-state index contributed by atoms with van der Waals surface area (Å²) in [7, 11) is 0. The van der Waals surface area contributed by atoms with Crippen molar-refractivity contribution in [1.82, 2.24) is 0 Å². The van der Waals surface area contributed by atoms with Crippen molar-refractivity contribution < 1.29 is 4.79 Å². The van der Waals surface area contributed by atoms with E-state index in [4.69, 9.17) is 0 Å². The highest BCUT2D eigenvalue weighted by molar-refractivity contribution is 5.85. The molecule has 0 bridgehead atoms. The molecule has 1 aliphatic rings. The molecule has 0 aromatic heterocycles. The Morgan fingerprint density at radius 2 is 1.83 bits per heavy atom. The highest BCUT2D eigenvalue weighted by Crippen LogP contribution is 2.42. The average Bonchev–Trinajstić information content (AvgIpc) is 2.90. The fourth-order valence-corrected chi connectivity index (χ4v) is 3.24. The van der Waals surface area contributed by atoms with Gasteiger partial charge in [0.05, 0.1) is 0 Å². The molecule has 0 saturated heterocycles. The molecule has 0 heterocycles. The van der Waals surface area contributed by atoms with Crippen molar-refractivity contribution in [2.45, 2.75) is 58.3 Å².